The molecule has 0 N–H and O–H groups in total. The zero-order valence-corrected chi connectivity index (χ0v) is 9.64. The summed E-state index contributed by atoms with van der Waals surface area (Å²) in [6.45, 7) is 3.99. The maximum atomic E-state index is 11.7. The monoisotopic (exact) mass is 232 g/mol. The number of imide groups is 1. The molecule has 0 saturated carbocycles. The second-order valence-electron chi connectivity index (χ2n) is 3.59. The van der Waals surface area contributed by atoms with E-state index in [9.17, 15) is 9.59 Å². The van der Waals surface area contributed by atoms with Crippen LogP contribution >= 0.6 is 0 Å². The molecule has 5 heteroatoms. The molecule has 0 aliphatic carbocycles. The van der Waals surface area contributed by atoms with Gasteiger partial charge in [0.15, 0.2) is 0 Å². The maximum Gasteiger partial charge on any atom is 0.261 e. The zero-order chi connectivity index (χ0) is 12.4. The lowest BCUT2D eigenvalue weighted by Crippen LogP contribution is -2.30. The Morgan fingerprint density at radius 3 is 2.59 bits per heavy atom. The molecule has 0 atom stereocenters. The molecule has 88 valence electrons. The number of anilines is 1. The molecule has 0 spiro atoms. The van der Waals surface area contributed by atoms with Gasteiger partial charge in [0.05, 0.1) is 18.5 Å². The highest BCUT2D eigenvalue weighted by Crippen LogP contribution is 2.22. The third kappa shape index (κ3) is 2.04. The molecule has 0 unspecified atom stereocenters. The SMILES string of the molecule is CCOc1ccc(N2C(=O)C=C(C)C2=O)cn1. The van der Waals surface area contributed by atoms with E-state index in [1.54, 1.807) is 19.1 Å². The van der Waals surface area contributed by atoms with Crippen LogP contribution in [0.5, 0.6) is 5.88 Å². The smallest absolute Gasteiger partial charge is 0.261 e. The highest BCUT2D eigenvalue weighted by Gasteiger charge is 2.29. The Kier molecular flexibility index (Phi) is 2.91. The van der Waals surface area contributed by atoms with Gasteiger partial charge in [-0.1, -0.05) is 0 Å². The van der Waals surface area contributed by atoms with Crippen molar-refractivity contribution < 1.29 is 14.3 Å². The molecule has 1 aromatic heterocycles. The van der Waals surface area contributed by atoms with E-state index in [0.717, 1.165) is 4.90 Å². The van der Waals surface area contributed by atoms with E-state index < -0.39 is 0 Å². The Morgan fingerprint density at radius 1 is 1.35 bits per heavy atom. The lowest BCUT2D eigenvalue weighted by Gasteiger charge is -2.14. The molecule has 0 bridgehead atoms. The molecule has 0 aromatic carbocycles. The summed E-state index contributed by atoms with van der Waals surface area (Å²) < 4.78 is 5.19. The summed E-state index contributed by atoms with van der Waals surface area (Å²) in [7, 11) is 0. The van der Waals surface area contributed by atoms with Gasteiger partial charge in [0.25, 0.3) is 11.8 Å². The van der Waals surface area contributed by atoms with Crippen LogP contribution in [0.1, 0.15) is 13.8 Å². The number of carbonyl (C=O) groups is 2. The maximum absolute atomic E-state index is 11.7. The van der Waals surface area contributed by atoms with Crippen LogP contribution < -0.4 is 9.64 Å². The van der Waals surface area contributed by atoms with Gasteiger partial charge in [-0.3, -0.25) is 9.59 Å². The zero-order valence-electron chi connectivity index (χ0n) is 9.64. The summed E-state index contributed by atoms with van der Waals surface area (Å²) in [5.74, 6) is -0.167. The van der Waals surface area contributed by atoms with Crippen molar-refractivity contribution in [2.24, 2.45) is 0 Å². The van der Waals surface area contributed by atoms with Gasteiger partial charge in [-0.25, -0.2) is 9.88 Å². The highest BCUT2D eigenvalue weighted by molar-refractivity contribution is 6.30. The van der Waals surface area contributed by atoms with E-state index in [0.29, 0.717) is 23.7 Å². The molecule has 5 nitrogen and oxygen atoms in total. The third-order valence-corrected chi connectivity index (χ3v) is 2.37. The Morgan fingerprint density at radius 2 is 2.12 bits per heavy atom. The number of ether oxygens (including phenoxy) is 1. The van der Waals surface area contributed by atoms with Crippen LogP contribution in [0.2, 0.25) is 0 Å². The first-order valence-corrected chi connectivity index (χ1v) is 5.29. The summed E-state index contributed by atoms with van der Waals surface area (Å²) in [4.78, 5) is 28.4. The first-order chi connectivity index (χ1) is 8.13. The standard InChI is InChI=1S/C12H12N2O3/c1-3-17-10-5-4-9(7-13-10)14-11(15)6-8(2)12(14)16/h4-7H,3H2,1-2H3. The first kappa shape index (κ1) is 11.3. The van der Waals surface area contributed by atoms with Gasteiger partial charge in [0, 0.05) is 17.7 Å². The fourth-order valence-corrected chi connectivity index (χ4v) is 1.57. The second-order valence-corrected chi connectivity index (χ2v) is 3.59. The van der Waals surface area contributed by atoms with Crippen LogP contribution in [0, 0.1) is 0 Å². The summed E-state index contributed by atoms with van der Waals surface area (Å²) in [5, 5.41) is 0. The molecular formula is C12H12N2O3. The topological polar surface area (TPSA) is 59.5 Å². The molecule has 1 aliphatic rings. The summed E-state index contributed by atoms with van der Waals surface area (Å²) in [5.41, 5.74) is 0.889. The number of pyridine rings is 1. The fraction of sp³-hybridized carbons (Fsp3) is 0.250. The molecule has 0 saturated heterocycles. The van der Waals surface area contributed by atoms with Crippen LogP contribution in [0.4, 0.5) is 5.69 Å². The molecule has 2 heterocycles. The van der Waals surface area contributed by atoms with Crippen molar-refractivity contribution in [2.45, 2.75) is 13.8 Å². The van der Waals surface area contributed by atoms with Crippen LogP contribution in [0.3, 0.4) is 0 Å². The second kappa shape index (κ2) is 4.37. The number of amides is 2. The minimum Gasteiger partial charge on any atom is -0.478 e. The number of carbonyl (C=O) groups excluding carboxylic acids is 2. The Bertz CT molecular complexity index is 491. The fourth-order valence-electron chi connectivity index (χ4n) is 1.57. The van der Waals surface area contributed by atoms with E-state index in [-0.39, 0.29) is 11.8 Å². The highest BCUT2D eigenvalue weighted by atomic mass is 16.5. The molecule has 1 aromatic rings. The van der Waals surface area contributed by atoms with Gasteiger partial charge in [-0.15, -0.1) is 0 Å². The van der Waals surface area contributed by atoms with Crippen molar-refractivity contribution >= 4 is 17.5 Å². The molecule has 0 radical (unpaired) electrons. The van der Waals surface area contributed by atoms with Crippen molar-refractivity contribution in [3.05, 3.63) is 30.0 Å². The third-order valence-electron chi connectivity index (χ3n) is 2.37. The van der Waals surface area contributed by atoms with Crippen molar-refractivity contribution in [3.63, 3.8) is 0 Å². The molecule has 0 fully saturated rings. The average Bonchev–Trinajstić information content (AvgIpc) is 2.55. The number of hydrogen-bond donors (Lipinski definition) is 0. The van der Waals surface area contributed by atoms with Crippen LogP contribution in [-0.4, -0.2) is 23.4 Å². The van der Waals surface area contributed by atoms with Gasteiger partial charge in [0.1, 0.15) is 0 Å². The van der Waals surface area contributed by atoms with E-state index >= 15 is 0 Å². The lowest BCUT2D eigenvalue weighted by atomic mass is 10.3. The van der Waals surface area contributed by atoms with Crippen molar-refractivity contribution in [2.75, 3.05) is 11.5 Å². The summed E-state index contributed by atoms with van der Waals surface area (Å²) >= 11 is 0. The summed E-state index contributed by atoms with van der Waals surface area (Å²) in [6.07, 6.45) is 2.77. The normalized spacial score (nSPS) is 15.2. The number of nitrogens with zero attached hydrogens (tertiary/aromatic N) is 2. The van der Waals surface area contributed by atoms with E-state index in [1.807, 2.05) is 6.92 Å². The largest absolute Gasteiger partial charge is 0.478 e. The summed E-state index contributed by atoms with van der Waals surface area (Å²) in [6, 6.07) is 3.27. The molecule has 2 amide bonds. The van der Waals surface area contributed by atoms with Crippen LogP contribution in [-0.2, 0) is 9.59 Å². The van der Waals surface area contributed by atoms with Gasteiger partial charge < -0.3 is 4.74 Å². The predicted octanol–water partition coefficient (Wildman–Crippen LogP) is 1.30. The number of rotatable bonds is 3. The van der Waals surface area contributed by atoms with E-state index in [4.69, 9.17) is 4.74 Å². The van der Waals surface area contributed by atoms with Crippen LogP contribution in [0.15, 0.2) is 30.0 Å². The quantitative estimate of drug-likeness (QED) is 0.737. The van der Waals surface area contributed by atoms with Crippen molar-refractivity contribution in [1.29, 1.82) is 0 Å². The first-order valence-electron chi connectivity index (χ1n) is 5.29. The molecular weight excluding hydrogens is 220 g/mol. The average molecular weight is 232 g/mol. The van der Waals surface area contributed by atoms with Gasteiger partial charge in [-0.2, -0.15) is 0 Å². The van der Waals surface area contributed by atoms with Crippen molar-refractivity contribution in [1.82, 2.24) is 4.98 Å². The lowest BCUT2D eigenvalue weighted by molar-refractivity contribution is -0.120. The van der Waals surface area contributed by atoms with E-state index in [2.05, 4.69) is 4.98 Å². The van der Waals surface area contributed by atoms with E-state index in [1.165, 1.54) is 12.3 Å². The van der Waals surface area contributed by atoms with Gasteiger partial charge in [0.2, 0.25) is 5.88 Å². The predicted molar refractivity (Wildman–Crippen MR) is 61.7 cm³/mol. The minimum absolute atomic E-state index is 0.305. The number of aromatic nitrogens is 1. The van der Waals surface area contributed by atoms with Crippen LogP contribution in [0.25, 0.3) is 0 Å². The molecule has 2 rings (SSSR count). The molecule has 17 heavy (non-hydrogen) atoms. The Labute approximate surface area is 98.7 Å². The van der Waals surface area contributed by atoms with Gasteiger partial charge >= 0.3 is 0 Å². The van der Waals surface area contributed by atoms with Gasteiger partial charge in [-0.05, 0) is 19.9 Å². The Balaban J connectivity index is 2.24. The number of hydrogen-bond acceptors (Lipinski definition) is 4. The molecule has 1 aliphatic heterocycles. The minimum atomic E-state index is -0.335. The Hall–Kier alpha value is -2.17. The van der Waals surface area contributed by atoms with Crippen molar-refractivity contribution in [3.8, 4) is 5.88 Å².